The molecule has 3 nitrogen and oxygen atoms in total. The summed E-state index contributed by atoms with van der Waals surface area (Å²) < 4.78 is 13.2. The molecule has 0 heterocycles. The summed E-state index contributed by atoms with van der Waals surface area (Å²) in [6.07, 6.45) is 0.208. The van der Waals surface area contributed by atoms with Gasteiger partial charge in [-0.2, -0.15) is 0 Å². The molecule has 0 radical (unpaired) electrons. The lowest BCUT2D eigenvalue weighted by molar-refractivity contribution is -0.385. The molecule has 1 atom stereocenters. The molecule has 2 aromatic rings. The SMILES string of the molecule is O=[N+]([O-])c1ccc(F)cc1CC(Cl)c1ccccc1. The highest BCUT2D eigenvalue weighted by Gasteiger charge is 2.18. The molecular formula is C14H11ClFNO2. The zero-order chi connectivity index (χ0) is 13.8. The van der Waals surface area contributed by atoms with Gasteiger partial charge in [-0.05, 0) is 24.1 Å². The van der Waals surface area contributed by atoms with Crippen molar-refractivity contribution >= 4 is 17.3 Å². The van der Waals surface area contributed by atoms with Crippen LogP contribution in [0, 0.1) is 15.9 Å². The van der Waals surface area contributed by atoms with Gasteiger partial charge in [-0.3, -0.25) is 10.1 Å². The van der Waals surface area contributed by atoms with Crippen molar-refractivity contribution in [1.82, 2.24) is 0 Å². The summed E-state index contributed by atoms with van der Waals surface area (Å²) in [5.74, 6) is -0.502. The van der Waals surface area contributed by atoms with Crippen LogP contribution in [0.1, 0.15) is 16.5 Å². The molecule has 0 aliphatic carbocycles. The van der Waals surface area contributed by atoms with Gasteiger partial charge in [0.15, 0.2) is 0 Å². The molecule has 1 unspecified atom stereocenters. The van der Waals surface area contributed by atoms with Crippen molar-refractivity contribution in [1.29, 1.82) is 0 Å². The van der Waals surface area contributed by atoms with Crippen LogP contribution in [-0.2, 0) is 6.42 Å². The second-order valence-electron chi connectivity index (χ2n) is 4.11. The van der Waals surface area contributed by atoms with E-state index < -0.39 is 16.1 Å². The fourth-order valence-corrected chi connectivity index (χ4v) is 2.18. The van der Waals surface area contributed by atoms with Crippen molar-refractivity contribution in [3.63, 3.8) is 0 Å². The monoisotopic (exact) mass is 279 g/mol. The molecule has 0 amide bonds. The fraction of sp³-hybridized carbons (Fsp3) is 0.143. The Balaban J connectivity index is 2.28. The molecule has 0 bridgehead atoms. The summed E-state index contributed by atoms with van der Waals surface area (Å²) in [5.41, 5.74) is 1.04. The van der Waals surface area contributed by atoms with Gasteiger partial charge in [0.2, 0.25) is 0 Å². The zero-order valence-electron chi connectivity index (χ0n) is 9.92. The van der Waals surface area contributed by atoms with E-state index in [-0.39, 0.29) is 12.1 Å². The second kappa shape index (κ2) is 5.80. The van der Waals surface area contributed by atoms with Crippen molar-refractivity contribution in [3.05, 3.63) is 75.6 Å². The van der Waals surface area contributed by atoms with Gasteiger partial charge >= 0.3 is 0 Å². The summed E-state index contributed by atoms with van der Waals surface area (Å²) in [7, 11) is 0. The third-order valence-corrected chi connectivity index (χ3v) is 3.20. The molecule has 0 saturated carbocycles. The largest absolute Gasteiger partial charge is 0.272 e. The van der Waals surface area contributed by atoms with Crippen LogP contribution in [0.2, 0.25) is 0 Å². The Labute approximate surface area is 114 Å². The maximum atomic E-state index is 13.2. The van der Waals surface area contributed by atoms with Gasteiger partial charge in [0, 0.05) is 11.6 Å². The van der Waals surface area contributed by atoms with Crippen molar-refractivity contribution in [2.24, 2.45) is 0 Å². The standard InChI is InChI=1S/C14H11ClFNO2/c15-13(10-4-2-1-3-5-10)9-11-8-12(16)6-7-14(11)17(18)19/h1-8,13H,9H2. The molecular weight excluding hydrogens is 269 g/mol. The number of nitrogens with zero attached hydrogens (tertiary/aromatic N) is 1. The minimum atomic E-state index is -0.524. The van der Waals surface area contributed by atoms with E-state index in [2.05, 4.69) is 0 Å². The second-order valence-corrected chi connectivity index (χ2v) is 4.64. The van der Waals surface area contributed by atoms with E-state index in [1.54, 1.807) is 0 Å². The third kappa shape index (κ3) is 3.29. The molecule has 0 fully saturated rings. The molecule has 0 aromatic heterocycles. The molecule has 5 heteroatoms. The minimum absolute atomic E-state index is 0.108. The van der Waals surface area contributed by atoms with Crippen molar-refractivity contribution in [3.8, 4) is 0 Å². The predicted molar refractivity (Wildman–Crippen MR) is 71.8 cm³/mol. The normalized spacial score (nSPS) is 12.1. The fourth-order valence-electron chi connectivity index (χ4n) is 1.87. The van der Waals surface area contributed by atoms with Gasteiger partial charge < -0.3 is 0 Å². The maximum absolute atomic E-state index is 13.2. The number of alkyl halides is 1. The van der Waals surface area contributed by atoms with Crippen molar-refractivity contribution < 1.29 is 9.31 Å². The number of hydrogen-bond donors (Lipinski definition) is 0. The van der Waals surface area contributed by atoms with Gasteiger partial charge in [0.05, 0.1) is 10.3 Å². The molecule has 0 aliphatic heterocycles. The van der Waals surface area contributed by atoms with Gasteiger partial charge in [-0.1, -0.05) is 30.3 Å². The Hall–Kier alpha value is -1.94. The van der Waals surface area contributed by atoms with E-state index in [1.807, 2.05) is 30.3 Å². The quantitative estimate of drug-likeness (QED) is 0.477. The summed E-state index contributed by atoms with van der Waals surface area (Å²) in [4.78, 5) is 10.4. The Morgan fingerprint density at radius 3 is 2.53 bits per heavy atom. The molecule has 0 saturated heterocycles. The number of rotatable bonds is 4. The van der Waals surface area contributed by atoms with Crippen LogP contribution in [0.3, 0.4) is 0 Å². The highest BCUT2D eigenvalue weighted by atomic mass is 35.5. The first-order valence-electron chi connectivity index (χ1n) is 5.70. The summed E-state index contributed by atoms with van der Waals surface area (Å²) in [6.45, 7) is 0. The van der Waals surface area contributed by atoms with E-state index in [1.165, 1.54) is 6.07 Å². The van der Waals surface area contributed by atoms with Crippen LogP contribution < -0.4 is 0 Å². The lowest BCUT2D eigenvalue weighted by atomic mass is 10.0. The van der Waals surface area contributed by atoms with Crippen molar-refractivity contribution in [2.45, 2.75) is 11.8 Å². The van der Waals surface area contributed by atoms with Crippen molar-refractivity contribution in [2.75, 3.05) is 0 Å². The Kier molecular flexibility index (Phi) is 4.12. The van der Waals surface area contributed by atoms with Crippen LogP contribution in [0.15, 0.2) is 48.5 Å². The van der Waals surface area contributed by atoms with Crippen LogP contribution in [0.25, 0.3) is 0 Å². The number of halogens is 2. The molecule has 2 aromatic carbocycles. The molecule has 98 valence electrons. The minimum Gasteiger partial charge on any atom is -0.258 e. The molecule has 2 rings (SSSR count). The first-order chi connectivity index (χ1) is 9.08. The number of nitro groups is 1. The summed E-state index contributed by atoms with van der Waals surface area (Å²) >= 11 is 6.22. The number of benzene rings is 2. The highest BCUT2D eigenvalue weighted by Crippen LogP contribution is 2.29. The Morgan fingerprint density at radius 2 is 1.89 bits per heavy atom. The summed E-state index contributed by atoms with van der Waals surface area (Å²) in [5, 5.41) is 10.5. The predicted octanol–water partition coefficient (Wildman–Crippen LogP) is 4.26. The molecule has 0 aliphatic rings. The lowest BCUT2D eigenvalue weighted by Gasteiger charge is -2.10. The van der Waals surface area contributed by atoms with E-state index in [0.29, 0.717) is 5.56 Å². The number of nitro benzene ring substituents is 1. The molecule has 0 N–H and O–H groups in total. The molecule has 19 heavy (non-hydrogen) atoms. The Morgan fingerprint density at radius 1 is 1.21 bits per heavy atom. The van der Waals surface area contributed by atoms with Gasteiger partial charge in [0.25, 0.3) is 5.69 Å². The van der Waals surface area contributed by atoms with Crippen LogP contribution in [-0.4, -0.2) is 4.92 Å². The van der Waals surface area contributed by atoms with Gasteiger partial charge in [-0.25, -0.2) is 4.39 Å². The highest BCUT2D eigenvalue weighted by molar-refractivity contribution is 6.20. The summed E-state index contributed by atoms with van der Waals surface area (Å²) in [6, 6.07) is 12.6. The maximum Gasteiger partial charge on any atom is 0.272 e. The zero-order valence-corrected chi connectivity index (χ0v) is 10.7. The van der Waals surface area contributed by atoms with Gasteiger partial charge in [0.1, 0.15) is 5.82 Å². The number of hydrogen-bond acceptors (Lipinski definition) is 2. The topological polar surface area (TPSA) is 43.1 Å². The van der Waals surface area contributed by atoms with Crippen LogP contribution in [0.5, 0.6) is 0 Å². The van der Waals surface area contributed by atoms with E-state index in [4.69, 9.17) is 11.6 Å². The van der Waals surface area contributed by atoms with E-state index >= 15 is 0 Å². The van der Waals surface area contributed by atoms with E-state index in [9.17, 15) is 14.5 Å². The Bertz CT molecular complexity index is 589. The third-order valence-electron chi connectivity index (χ3n) is 2.80. The molecule has 0 spiro atoms. The smallest absolute Gasteiger partial charge is 0.258 e. The lowest BCUT2D eigenvalue weighted by Crippen LogP contribution is -2.01. The first-order valence-corrected chi connectivity index (χ1v) is 6.13. The average Bonchev–Trinajstić information content (AvgIpc) is 2.39. The first kappa shape index (κ1) is 13.5. The van der Waals surface area contributed by atoms with Crippen LogP contribution >= 0.6 is 11.6 Å². The van der Waals surface area contributed by atoms with Gasteiger partial charge in [-0.15, -0.1) is 11.6 Å². The van der Waals surface area contributed by atoms with Crippen LogP contribution in [0.4, 0.5) is 10.1 Å². The average molecular weight is 280 g/mol. The van der Waals surface area contributed by atoms with E-state index in [0.717, 1.165) is 17.7 Å².